The lowest BCUT2D eigenvalue weighted by atomic mass is 10.2. The lowest BCUT2D eigenvalue weighted by Crippen LogP contribution is -2.39. The Kier molecular flexibility index (Phi) is 7.79. The second kappa shape index (κ2) is 9.90. The molecule has 0 spiro atoms. The molecule has 0 fully saturated rings. The fourth-order valence-electron chi connectivity index (χ4n) is 1.41. The van der Waals surface area contributed by atoms with Gasteiger partial charge in [0, 0.05) is 19.2 Å². The molecule has 9 heteroatoms. The molecule has 124 valence electrons. The number of carbonyl (C=O) groups is 3. The van der Waals surface area contributed by atoms with Crippen molar-refractivity contribution in [1.82, 2.24) is 10.7 Å². The maximum absolute atomic E-state index is 11.4. The molecule has 0 atom stereocenters. The molecule has 1 rings (SSSR count). The zero-order chi connectivity index (χ0) is 17.1. The first-order chi connectivity index (χ1) is 11.0. The van der Waals surface area contributed by atoms with Crippen LogP contribution in [0, 0.1) is 0 Å². The fraction of sp³-hybridized carbons (Fsp3) is 0.286. The first-order valence-corrected chi connectivity index (χ1v) is 6.56. The van der Waals surface area contributed by atoms with Gasteiger partial charge < -0.3 is 24.7 Å². The number of methoxy groups -OCH3 is 1. The predicted molar refractivity (Wildman–Crippen MR) is 77.6 cm³/mol. The Hall–Kier alpha value is -2.94. The Bertz CT molecular complexity index is 588. The molecule has 0 aromatic heterocycles. The summed E-state index contributed by atoms with van der Waals surface area (Å²) in [4.78, 5) is 33.2. The smallest absolute Gasteiger partial charge is 0.329 e. The van der Waals surface area contributed by atoms with Gasteiger partial charge in [0.1, 0.15) is 12.4 Å². The van der Waals surface area contributed by atoms with E-state index < -0.39 is 24.4 Å². The Balaban J connectivity index is 2.55. The topological polar surface area (TPSA) is 129 Å². The van der Waals surface area contributed by atoms with Gasteiger partial charge >= 0.3 is 11.8 Å². The molecule has 1 aromatic rings. The van der Waals surface area contributed by atoms with Gasteiger partial charge in [-0.2, -0.15) is 5.10 Å². The van der Waals surface area contributed by atoms with Crippen LogP contribution < -0.4 is 20.6 Å². The molecule has 9 nitrogen and oxygen atoms in total. The third kappa shape index (κ3) is 7.05. The number of nitrogens with one attached hydrogen (secondary N) is 2. The zero-order valence-corrected chi connectivity index (χ0v) is 12.4. The molecule has 0 saturated carbocycles. The minimum absolute atomic E-state index is 0.201. The lowest BCUT2D eigenvalue weighted by molar-refractivity contribution is -0.307. The molecule has 0 saturated heterocycles. The third-order valence-corrected chi connectivity index (χ3v) is 2.43. The summed E-state index contributed by atoms with van der Waals surface area (Å²) >= 11 is 0. The monoisotopic (exact) mass is 322 g/mol. The van der Waals surface area contributed by atoms with Crippen molar-refractivity contribution in [2.24, 2.45) is 5.10 Å². The lowest BCUT2D eigenvalue weighted by Gasteiger charge is -2.09. The van der Waals surface area contributed by atoms with Crippen LogP contribution in [0.25, 0.3) is 0 Å². The van der Waals surface area contributed by atoms with Crippen molar-refractivity contribution in [3.8, 4) is 5.75 Å². The summed E-state index contributed by atoms with van der Waals surface area (Å²) in [5, 5.41) is 16.3. The molecule has 0 radical (unpaired) electrons. The van der Waals surface area contributed by atoms with Crippen LogP contribution in [0.4, 0.5) is 0 Å². The van der Waals surface area contributed by atoms with Gasteiger partial charge in [-0.1, -0.05) is 12.1 Å². The highest BCUT2D eigenvalue weighted by Crippen LogP contribution is 2.15. The number of hydrogen-bond donors (Lipinski definition) is 2. The van der Waals surface area contributed by atoms with Crippen LogP contribution in [-0.2, 0) is 19.1 Å². The van der Waals surface area contributed by atoms with E-state index in [0.717, 1.165) is 0 Å². The Morgan fingerprint density at radius 2 is 2.00 bits per heavy atom. The number of benzene rings is 1. The second-order valence-electron chi connectivity index (χ2n) is 4.15. The van der Waals surface area contributed by atoms with Gasteiger partial charge in [0.25, 0.3) is 0 Å². The number of carboxylic acids is 1. The van der Waals surface area contributed by atoms with Gasteiger partial charge in [-0.15, -0.1) is 0 Å². The normalized spacial score (nSPS) is 10.3. The van der Waals surface area contributed by atoms with Crippen molar-refractivity contribution >= 4 is 24.0 Å². The number of nitrogens with zero attached hydrogens (tertiary/aromatic N) is 1. The molecule has 0 heterocycles. The maximum Gasteiger partial charge on any atom is 0.329 e. The highest BCUT2D eigenvalue weighted by molar-refractivity contribution is 6.35. The number of para-hydroxylation sites is 1. The average Bonchev–Trinajstić information content (AvgIpc) is 2.53. The summed E-state index contributed by atoms with van der Waals surface area (Å²) in [6, 6.07) is 6.44. The van der Waals surface area contributed by atoms with E-state index in [0.29, 0.717) is 5.56 Å². The summed E-state index contributed by atoms with van der Waals surface area (Å²) in [7, 11) is 1.47. The minimum atomic E-state index is -1.36. The maximum atomic E-state index is 11.4. The molecule has 0 aliphatic heterocycles. The van der Waals surface area contributed by atoms with Crippen molar-refractivity contribution in [2.75, 3.05) is 26.9 Å². The molecule has 23 heavy (non-hydrogen) atoms. The van der Waals surface area contributed by atoms with Crippen LogP contribution in [0.5, 0.6) is 5.75 Å². The molecule has 0 bridgehead atoms. The summed E-state index contributed by atoms with van der Waals surface area (Å²) in [6.45, 7) is -0.128. The summed E-state index contributed by atoms with van der Waals surface area (Å²) < 4.78 is 9.74. The number of rotatable bonds is 8. The number of hydrazone groups is 1. The number of carbonyl (C=O) groups excluding carboxylic acids is 3. The Morgan fingerprint density at radius 3 is 2.70 bits per heavy atom. The number of carboxylic acid groups (broad SMARTS) is 1. The van der Waals surface area contributed by atoms with E-state index in [1.54, 1.807) is 18.2 Å². The Labute approximate surface area is 132 Å². The van der Waals surface area contributed by atoms with Crippen molar-refractivity contribution in [3.63, 3.8) is 0 Å². The van der Waals surface area contributed by atoms with E-state index in [1.807, 2.05) is 5.43 Å². The van der Waals surface area contributed by atoms with E-state index in [2.05, 4.69) is 10.4 Å². The van der Waals surface area contributed by atoms with Crippen LogP contribution in [0.2, 0.25) is 0 Å². The summed E-state index contributed by atoms with van der Waals surface area (Å²) in [6.07, 6.45) is 1.23. The van der Waals surface area contributed by atoms with Gasteiger partial charge in [0.2, 0.25) is 0 Å². The molecular formula is C14H16N3O6-. The van der Waals surface area contributed by atoms with Crippen LogP contribution >= 0.6 is 0 Å². The highest BCUT2D eigenvalue weighted by atomic mass is 16.5. The predicted octanol–water partition coefficient (Wildman–Crippen LogP) is -1.97. The van der Waals surface area contributed by atoms with Gasteiger partial charge in [0.15, 0.2) is 0 Å². The summed E-state index contributed by atoms with van der Waals surface area (Å²) in [5.74, 6) is -2.90. The van der Waals surface area contributed by atoms with Crippen LogP contribution in [0.3, 0.4) is 0 Å². The first-order valence-electron chi connectivity index (χ1n) is 6.56. The van der Waals surface area contributed by atoms with E-state index in [1.165, 1.54) is 19.4 Å². The average molecular weight is 322 g/mol. The highest BCUT2D eigenvalue weighted by Gasteiger charge is 2.11. The van der Waals surface area contributed by atoms with Crippen molar-refractivity contribution in [2.45, 2.75) is 0 Å². The van der Waals surface area contributed by atoms with Crippen molar-refractivity contribution in [1.29, 1.82) is 0 Å². The number of hydrogen-bond acceptors (Lipinski definition) is 7. The second-order valence-corrected chi connectivity index (χ2v) is 4.15. The molecule has 1 aromatic carbocycles. The van der Waals surface area contributed by atoms with E-state index in [9.17, 15) is 19.5 Å². The molecule has 0 unspecified atom stereocenters. The molecule has 0 aliphatic carbocycles. The zero-order valence-electron chi connectivity index (χ0n) is 12.4. The van der Waals surface area contributed by atoms with Gasteiger partial charge in [-0.3, -0.25) is 9.59 Å². The summed E-state index contributed by atoms with van der Waals surface area (Å²) in [5.41, 5.74) is 2.47. The van der Waals surface area contributed by atoms with Gasteiger partial charge in [-0.05, 0) is 12.1 Å². The van der Waals surface area contributed by atoms with E-state index in [-0.39, 0.29) is 18.9 Å². The van der Waals surface area contributed by atoms with E-state index in [4.69, 9.17) is 9.47 Å². The minimum Gasteiger partial charge on any atom is -0.546 e. The SMILES string of the molecule is COCCNC(=O)C(=O)N/N=C\c1ccccc1OCC(=O)[O-]. The third-order valence-electron chi connectivity index (χ3n) is 2.43. The Morgan fingerprint density at radius 1 is 1.26 bits per heavy atom. The van der Waals surface area contributed by atoms with E-state index >= 15 is 0 Å². The molecule has 2 N–H and O–H groups in total. The van der Waals surface area contributed by atoms with Gasteiger partial charge in [0.05, 0.1) is 18.8 Å². The standard InChI is InChI=1S/C14H17N3O6/c1-22-7-6-15-13(20)14(21)17-16-8-10-4-2-3-5-11(10)23-9-12(18)19/h2-5,8H,6-7,9H2,1H3,(H,15,20)(H,17,21)(H,18,19)/p-1/b16-8-. The van der Waals surface area contributed by atoms with Crippen LogP contribution in [0.1, 0.15) is 5.56 Å². The quantitative estimate of drug-likeness (QED) is 0.247. The van der Waals surface area contributed by atoms with Gasteiger partial charge in [-0.25, -0.2) is 5.43 Å². The molecular weight excluding hydrogens is 306 g/mol. The largest absolute Gasteiger partial charge is 0.546 e. The molecule has 0 aliphatic rings. The number of amides is 2. The van der Waals surface area contributed by atoms with Crippen LogP contribution in [-0.4, -0.2) is 50.9 Å². The van der Waals surface area contributed by atoms with Crippen LogP contribution in [0.15, 0.2) is 29.4 Å². The molecule has 2 amide bonds. The van der Waals surface area contributed by atoms with Crippen molar-refractivity contribution < 1.29 is 29.0 Å². The number of aliphatic carboxylic acids is 1. The fourth-order valence-corrected chi connectivity index (χ4v) is 1.41. The number of ether oxygens (including phenoxy) is 2. The van der Waals surface area contributed by atoms with Crippen molar-refractivity contribution in [3.05, 3.63) is 29.8 Å². The first kappa shape index (κ1) is 18.1.